The molecule has 3 heteroatoms. The van der Waals surface area contributed by atoms with Gasteiger partial charge in [0.05, 0.1) is 11.2 Å². The topological polar surface area (TPSA) is 38.9 Å². The van der Waals surface area contributed by atoms with Gasteiger partial charge in [-0.2, -0.15) is 0 Å². The fraction of sp³-hybridized carbons (Fsp3) is 0. The molecule has 0 amide bonds. The second-order valence-electron chi connectivity index (χ2n) is 9.42. The van der Waals surface area contributed by atoms with Crippen molar-refractivity contribution >= 4 is 54.4 Å². The number of furan rings is 1. The van der Waals surface area contributed by atoms with Gasteiger partial charge in [0.15, 0.2) is 5.82 Å². The van der Waals surface area contributed by atoms with E-state index in [1.807, 2.05) is 18.2 Å². The third-order valence-corrected chi connectivity index (χ3v) is 7.25. The largest absolute Gasteiger partial charge is 0.456 e. The standard InChI is InChI=1S/C34H20N2O/c1-2-10-22(11-3-1)33-32-24-13-5-4-9-21(24)17-18-29(32)35-34(36-33)26-15-8-12-23-19-28-25-14-6-7-16-30(25)37-31(28)20-27(23)26/h1-20H. The van der Waals surface area contributed by atoms with Gasteiger partial charge >= 0.3 is 0 Å². The van der Waals surface area contributed by atoms with Crippen LogP contribution in [0.1, 0.15) is 0 Å². The minimum absolute atomic E-state index is 0.711. The number of aromatic nitrogens is 2. The molecule has 0 saturated heterocycles. The summed E-state index contributed by atoms with van der Waals surface area (Å²) in [4.78, 5) is 10.3. The van der Waals surface area contributed by atoms with Crippen molar-refractivity contribution in [3.8, 4) is 22.6 Å². The Bertz CT molecular complexity index is 2140. The molecule has 0 bridgehead atoms. The highest BCUT2D eigenvalue weighted by atomic mass is 16.3. The average Bonchev–Trinajstić information content (AvgIpc) is 3.33. The number of benzene rings is 6. The SMILES string of the molecule is c1ccc(-c2nc(-c3cccc4cc5c(cc34)oc3ccccc35)nc3ccc4ccccc4c23)cc1. The molecule has 8 rings (SSSR count). The van der Waals surface area contributed by atoms with Gasteiger partial charge in [0.1, 0.15) is 11.2 Å². The maximum Gasteiger partial charge on any atom is 0.161 e. The third kappa shape index (κ3) is 3.08. The number of hydrogen-bond donors (Lipinski definition) is 0. The molecule has 0 fully saturated rings. The van der Waals surface area contributed by atoms with Crippen LogP contribution in [0.15, 0.2) is 126 Å². The minimum atomic E-state index is 0.711. The molecular formula is C34H20N2O. The molecule has 0 saturated carbocycles. The molecule has 172 valence electrons. The Hall–Kier alpha value is -5.02. The van der Waals surface area contributed by atoms with Crippen molar-refractivity contribution in [1.29, 1.82) is 0 Å². The van der Waals surface area contributed by atoms with E-state index in [4.69, 9.17) is 14.4 Å². The summed E-state index contributed by atoms with van der Waals surface area (Å²) in [5.41, 5.74) is 5.72. The fourth-order valence-electron chi connectivity index (χ4n) is 5.52. The van der Waals surface area contributed by atoms with Gasteiger partial charge in [-0.3, -0.25) is 0 Å². The first kappa shape index (κ1) is 20.2. The van der Waals surface area contributed by atoms with Crippen LogP contribution in [0.4, 0.5) is 0 Å². The van der Waals surface area contributed by atoms with Gasteiger partial charge < -0.3 is 4.42 Å². The molecule has 0 N–H and O–H groups in total. The second-order valence-corrected chi connectivity index (χ2v) is 9.42. The lowest BCUT2D eigenvalue weighted by Gasteiger charge is -2.13. The van der Waals surface area contributed by atoms with E-state index >= 15 is 0 Å². The van der Waals surface area contributed by atoms with Crippen molar-refractivity contribution < 1.29 is 4.42 Å². The summed E-state index contributed by atoms with van der Waals surface area (Å²) < 4.78 is 6.22. The predicted octanol–water partition coefficient (Wildman–Crippen LogP) is 9.17. The number of nitrogens with zero attached hydrogens (tertiary/aromatic N) is 2. The Morgan fingerprint density at radius 3 is 2.19 bits per heavy atom. The molecule has 0 spiro atoms. The van der Waals surface area contributed by atoms with Gasteiger partial charge in [-0.25, -0.2) is 9.97 Å². The van der Waals surface area contributed by atoms with Crippen LogP contribution in [0, 0.1) is 0 Å². The summed E-state index contributed by atoms with van der Waals surface area (Å²) in [6.07, 6.45) is 0. The molecule has 2 aromatic heterocycles. The molecule has 0 aliphatic rings. The van der Waals surface area contributed by atoms with Gasteiger partial charge in [-0.1, -0.05) is 97.1 Å². The Kier molecular flexibility index (Phi) is 4.23. The maximum atomic E-state index is 6.22. The molecular weight excluding hydrogens is 452 g/mol. The van der Waals surface area contributed by atoms with Crippen molar-refractivity contribution in [2.24, 2.45) is 0 Å². The second kappa shape index (κ2) is 7.74. The third-order valence-electron chi connectivity index (χ3n) is 7.25. The van der Waals surface area contributed by atoms with Crippen molar-refractivity contribution in [3.05, 3.63) is 121 Å². The first-order chi connectivity index (χ1) is 18.3. The molecule has 0 unspecified atom stereocenters. The first-order valence-electron chi connectivity index (χ1n) is 12.4. The zero-order valence-corrected chi connectivity index (χ0v) is 19.8. The van der Waals surface area contributed by atoms with Crippen molar-refractivity contribution in [2.75, 3.05) is 0 Å². The Morgan fingerprint density at radius 2 is 1.27 bits per heavy atom. The van der Waals surface area contributed by atoms with Gasteiger partial charge in [0, 0.05) is 27.3 Å². The normalized spacial score (nSPS) is 11.8. The minimum Gasteiger partial charge on any atom is -0.456 e. The summed E-state index contributed by atoms with van der Waals surface area (Å²) in [5.74, 6) is 0.711. The van der Waals surface area contributed by atoms with Crippen LogP contribution in [0.2, 0.25) is 0 Å². The predicted molar refractivity (Wildman–Crippen MR) is 153 cm³/mol. The molecule has 0 aliphatic carbocycles. The molecule has 37 heavy (non-hydrogen) atoms. The highest BCUT2D eigenvalue weighted by Gasteiger charge is 2.17. The Balaban J connectivity index is 1.46. The zero-order chi connectivity index (χ0) is 24.3. The maximum absolute atomic E-state index is 6.22. The Labute approximate surface area is 212 Å². The van der Waals surface area contributed by atoms with E-state index in [1.54, 1.807) is 0 Å². The summed E-state index contributed by atoms with van der Waals surface area (Å²) in [5, 5.41) is 7.88. The fourth-order valence-corrected chi connectivity index (χ4v) is 5.52. The quantitative estimate of drug-likeness (QED) is 0.235. The highest BCUT2D eigenvalue weighted by Crippen LogP contribution is 2.38. The van der Waals surface area contributed by atoms with Crippen LogP contribution in [-0.2, 0) is 0 Å². The molecule has 8 aromatic rings. The van der Waals surface area contributed by atoms with Crippen LogP contribution in [-0.4, -0.2) is 9.97 Å². The lowest BCUT2D eigenvalue weighted by molar-refractivity contribution is 0.669. The average molecular weight is 473 g/mol. The molecule has 2 heterocycles. The van der Waals surface area contributed by atoms with Gasteiger partial charge in [-0.15, -0.1) is 0 Å². The number of para-hydroxylation sites is 1. The monoisotopic (exact) mass is 472 g/mol. The van der Waals surface area contributed by atoms with Crippen LogP contribution >= 0.6 is 0 Å². The summed E-state index contributed by atoms with van der Waals surface area (Å²) in [6, 6.07) is 42.0. The van der Waals surface area contributed by atoms with Gasteiger partial charge in [0.25, 0.3) is 0 Å². The van der Waals surface area contributed by atoms with Crippen LogP contribution in [0.5, 0.6) is 0 Å². The van der Waals surface area contributed by atoms with Crippen LogP contribution < -0.4 is 0 Å². The summed E-state index contributed by atoms with van der Waals surface area (Å²) in [7, 11) is 0. The van der Waals surface area contributed by atoms with E-state index in [-0.39, 0.29) is 0 Å². The van der Waals surface area contributed by atoms with Crippen molar-refractivity contribution in [3.63, 3.8) is 0 Å². The molecule has 0 aliphatic heterocycles. The molecule has 0 radical (unpaired) electrons. The lowest BCUT2D eigenvalue weighted by Crippen LogP contribution is -1.96. The first-order valence-corrected chi connectivity index (χ1v) is 12.4. The smallest absolute Gasteiger partial charge is 0.161 e. The van der Waals surface area contributed by atoms with Crippen molar-refractivity contribution in [2.45, 2.75) is 0 Å². The number of hydrogen-bond acceptors (Lipinski definition) is 3. The number of rotatable bonds is 2. The van der Waals surface area contributed by atoms with Gasteiger partial charge in [0.2, 0.25) is 0 Å². The zero-order valence-electron chi connectivity index (χ0n) is 19.8. The van der Waals surface area contributed by atoms with E-state index < -0.39 is 0 Å². The van der Waals surface area contributed by atoms with Gasteiger partial charge in [-0.05, 0) is 45.8 Å². The molecule has 0 atom stereocenters. The van der Waals surface area contributed by atoms with E-state index in [9.17, 15) is 0 Å². The highest BCUT2D eigenvalue weighted by molar-refractivity contribution is 6.14. The van der Waals surface area contributed by atoms with E-state index in [2.05, 4.69) is 103 Å². The van der Waals surface area contributed by atoms with E-state index in [0.29, 0.717) is 5.82 Å². The lowest BCUT2D eigenvalue weighted by atomic mass is 9.98. The molecule has 3 nitrogen and oxygen atoms in total. The Morgan fingerprint density at radius 1 is 0.486 bits per heavy atom. The van der Waals surface area contributed by atoms with Crippen LogP contribution in [0.25, 0.3) is 77.0 Å². The summed E-state index contributed by atoms with van der Waals surface area (Å²) >= 11 is 0. The van der Waals surface area contributed by atoms with Crippen LogP contribution in [0.3, 0.4) is 0 Å². The summed E-state index contributed by atoms with van der Waals surface area (Å²) in [6.45, 7) is 0. The molecule has 6 aromatic carbocycles. The van der Waals surface area contributed by atoms with E-state index in [1.165, 1.54) is 5.39 Å². The van der Waals surface area contributed by atoms with E-state index in [0.717, 1.165) is 65.8 Å². The number of fused-ring (bicyclic) bond motifs is 7. The van der Waals surface area contributed by atoms with Crippen molar-refractivity contribution in [1.82, 2.24) is 9.97 Å².